The first-order valence-corrected chi connectivity index (χ1v) is 11.0. The van der Waals surface area contributed by atoms with Gasteiger partial charge in [0, 0.05) is 18.9 Å². The molecule has 1 aliphatic carbocycles. The lowest BCUT2D eigenvalue weighted by molar-refractivity contribution is -0.159. The number of aliphatic carboxylic acids is 1. The highest BCUT2D eigenvalue weighted by Crippen LogP contribution is 2.44. The van der Waals surface area contributed by atoms with Gasteiger partial charge in [-0.25, -0.2) is 15.1 Å². The summed E-state index contributed by atoms with van der Waals surface area (Å²) < 4.78 is 5.54. The molecular formula is C25H30N2O6. The van der Waals surface area contributed by atoms with Gasteiger partial charge in [0.05, 0.1) is 0 Å². The fourth-order valence-electron chi connectivity index (χ4n) is 3.89. The lowest BCUT2D eigenvalue weighted by Gasteiger charge is -2.21. The molecule has 176 valence electrons. The quantitative estimate of drug-likeness (QED) is 0.472. The van der Waals surface area contributed by atoms with Crippen LogP contribution in [-0.4, -0.2) is 42.3 Å². The highest BCUT2D eigenvalue weighted by atomic mass is 16.7. The van der Waals surface area contributed by atoms with Gasteiger partial charge in [0.25, 0.3) is 0 Å². The summed E-state index contributed by atoms with van der Waals surface area (Å²) in [6.07, 6.45) is -1.61. The van der Waals surface area contributed by atoms with Gasteiger partial charge in [-0.05, 0) is 41.0 Å². The molecule has 8 nitrogen and oxygen atoms in total. The third kappa shape index (κ3) is 6.10. The number of carboxylic acids is 1. The van der Waals surface area contributed by atoms with Gasteiger partial charge in [-0.1, -0.05) is 62.4 Å². The summed E-state index contributed by atoms with van der Waals surface area (Å²) >= 11 is 0. The molecule has 2 atom stereocenters. The van der Waals surface area contributed by atoms with Crippen LogP contribution in [0.15, 0.2) is 48.5 Å². The molecule has 1 aliphatic rings. The number of hydrogen-bond acceptors (Lipinski definition) is 5. The minimum Gasteiger partial charge on any atom is -0.479 e. The lowest BCUT2D eigenvalue weighted by Crippen LogP contribution is -2.37. The number of hydrogen-bond donors (Lipinski definition) is 3. The number of carbonyl (C=O) groups excluding carboxylic acids is 2. The second kappa shape index (κ2) is 11.0. The molecule has 0 aromatic heterocycles. The predicted molar refractivity (Wildman–Crippen MR) is 122 cm³/mol. The molecule has 2 unspecified atom stereocenters. The Labute approximate surface area is 193 Å². The first-order chi connectivity index (χ1) is 15.8. The fraction of sp³-hybridized carbons (Fsp3) is 0.400. The van der Waals surface area contributed by atoms with Crippen LogP contribution in [0.1, 0.15) is 44.2 Å². The highest BCUT2D eigenvalue weighted by Gasteiger charge is 2.29. The van der Waals surface area contributed by atoms with Crippen molar-refractivity contribution in [3.8, 4) is 11.1 Å². The summed E-state index contributed by atoms with van der Waals surface area (Å²) in [5, 5.41) is 11.6. The Kier molecular flexibility index (Phi) is 8.06. The van der Waals surface area contributed by atoms with Crippen molar-refractivity contribution in [1.82, 2.24) is 10.8 Å². The van der Waals surface area contributed by atoms with Crippen molar-refractivity contribution in [2.75, 3.05) is 13.2 Å². The predicted octanol–water partition coefficient (Wildman–Crippen LogP) is 3.71. The van der Waals surface area contributed by atoms with Gasteiger partial charge < -0.3 is 15.2 Å². The molecule has 8 heteroatoms. The minimum atomic E-state index is -1.17. The number of nitrogens with one attached hydrogen (secondary N) is 2. The molecule has 0 aliphatic heterocycles. The molecule has 0 saturated heterocycles. The second-order valence-corrected chi connectivity index (χ2v) is 8.54. The summed E-state index contributed by atoms with van der Waals surface area (Å²) in [5.74, 6) is -1.72. The SMILES string of the molecule is CC(ONC(=O)CC(CNC(=O)OCC1c2ccccc2-c2ccccc21)C(C)C)C(=O)O. The molecule has 33 heavy (non-hydrogen) atoms. The van der Waals surface area contributed by atoms with Gasteiger partial charge in [0.1, 0.15) is 6.61 Å². The van der Waals surface area contributed by atoms with Crippen molar-refractivity contribution in [2.24, 2.45) is 11.8 Å². The van der Waals surface area contributed by atoms with E-state index in [1.54, 1.807) is 0 Å². The lowest BCUT2D eigenvalue weighted by atomic mass is 9.92. The molecule has 3 rings (SSSR count). The zero-order valence-corrected chi connectivity index (χ0v) is 19.0. The first kappa shape index (κ1) is 24.3. The number of amides is 2. The number of rotatable bonds is 10. The first-order valence-electron chi connectivity index (χ1n) is 11.0. The van der Waals surface area contributed by atoms with Crippen LogP contribution in [0.2, 0.25) is 0 Å². The summed E-state index contributed by atoms with van der Waals surface area (Å²) in [4.78, 5) is 40.1. The third-order valence-electron chi connectivity index (χ3n) is 5.94. The van der Waals surface area contributed by atoms with Crippen LogP contribution < -0.4 is 10.8 Å². The third-order valence-corrected chi connectivity index (χ3v) is 5.94. The highest BCUT2D eigenvalue weighted by molar-refractivity contribution is 5.79. The van der Waals surface area contributed by atoms with Crippen LogP contribution in [0.5, 0.6) is 0 Å². The molecular weight excluding hydrogens is 424 g/mol. The molecule has 0 saturated carbocycles. The van der Waals surface area contributed by atoms with Gasteiger partial charge in [0.15, 0.2) is 6.10 Å². The van der Waals surface area contributed by atoms with E-state index in [0.717, 1.165) is 22.3 Å². The van der Waals surface area contributed by atoms with Crippen LogP contribution in [0, 0.1) is 11.8 Å². The number of alkyl carbamates (subject to hydrolysis) is 1. The van der Waals surface area contributed by atoms with Crippen molar-refractivity contribution in [1.29, 1.82) is 0 Å². The Balaban J connectivity index is 1.51. The van der Waals surface area contributed by atoms with Crippen molar-refractivity contribution in [3.05, 3.63) is 59.7 Å². The van der Waals surface area contributed by atoms with E-state index in [1.807, 2.05) is 38.1 Å². The minimum absolute atomic E-state index is 0.0248. The average molecular weight is 455 g/mol. The number of fused-ring (bicyclic) bond motifs is 3. The Morgan fingerprint density at radius 2 is 1.55 bits per heavy atom. The van der Waals surface area contributed by atoms with Gasteiger partial charge in [-0.15, -0.1) is 0 Å². The second-order valence-electron chi connectivity index (χ2n) is 8.54. The van der Waals surface area contributed by atoms with Crippen LogP contribution in [0.25, 0.3) is 11.1 Å². The van der Waals surface area contributed by atoms with E-state index in [2.05, 4.69) is 35.1 Å². The molecule has 0 radical (unpaired) electrons. The Hall–Kier alpha value is -3.39. The van der Waals surface area contributed by atoms with E-state index in [-0.39, 0.29) is 37.3 Å². The fourth-order valence-corrected chi connectivity index (χ4v) is 3.89. The van der Waals surface area contributed by atoms with Gasteiger partial charge >= 0.3 is 12.1 Å². The van der Waals surface area contributed by atoms with Crippen molar-refractivity contribution >= 4 is 18.0 Å². The zero-order chi connectivity index (χ0) is 24.0. The number of benzene rings is 2. The zero-order valence-electron chi connectivity index (χ0n) is 19.0. The summed E-state index contributed by atoms with van der Waals surface area (Å²) in [6, 6.07) is 16.2. The van der Waals surface area contributed by atoms with Crippen LogP contribution in [-0.2, 0) is 19.2 Å². The van der Waals surface area contributed by atoms with E-state index in [4.69, 9.17) is 14.7 Å². The normalized spacial score (nSPS) is 14.2. The molecule has 0 spiro atoms. The van der Waals surface area contributed by atoms with Crippen LogP contribution in [0.4, 0.5) is 4.79 Å². The molecule has 3 N–H and O–H groups in total. The number of hydroxylamine groups is 1. The maximum atomic E-state index is 12.4. The Bertz CT molecular complexity index is 960. The molecule has 0 fully saturated rings. The van der Waals surface area contributed by atoms with Crippen molar-refractivity contribution in [3.63, 3.8) is 0 Å². The maximum Gasteiger partial charge on any atom is 0.407 e. The van der Waals surface area contributed by atoms with Gasteiger partial charge in [0.2, 0.25) is 5.91 Å². The monoisotopic (exact) mass is 454 g/mol. The molecule has 0 bridgehead atoms. The number of ether oxygens (including phenoxy) is 1. The van der Waals surface area contributed by atoms with Crippen molar-refractivity contribution in [2.45, 2.75) is 39.2 Å². The number of carbonyl (C=O) groups is 3. The summed E-state index contributed by atoms with van der Waals surface area (Å²) in [7, 11) is 0. The van der Waals surface area contributed by atoms with Gasteiger partial charge in [-0.2, -0.15) is 0 Å². The smallest absolute Gasteiger partial charge is 0.407 e. The topological polar surface area (TPSA) is 114 Å². The van der Waals surface area contributed by atoms with Gasteiger partial charge in [-0.3, -0.25) is 9.63 Å². The Morgan fingerprint density at radius 1 is 0.970 bits per heavy atom. The summed E-state index contributed by atoms with van der Waals surface area (Å²) in [5.41, 5.74) is 6.75. The molecule has 2 aromatic rings. The maximum absolute atomic E-state index is 12.4. The van der Waals surface area contributed by atoms with Crippen LogP contribution in [0.3, 0.4) is 0 Å². The average Bonchev–Trinajstić information content (AvgIpc) is 3.12. The number of carboxylic acid groups (broad SMARTS) is 1. The standard InChI is InChI=1S/C25H30N2O6/c1-15(2)17(12-23(28)27-33-16(3)24(29)30)13-26-25(31)32-14-22-20-10-6-4-8-18(20)19-9-5-7-11-21(19)22/h4-11,15-17,22H,12-14H2,1-3H3,(H,26,31)(H,27,28)(H,29,30). The van der Waals surface area contributed by atoms with E-state index < -0.39 is 24.1 Å². The van der Waals surface area contributed by atoms with Crippen LogP contribution >= 0.6 is 0 Å². The van der Waals surface area contributed by atoms with E-state index in [0.29, 0.717) is 0 Å². The largest absolute Gasteiger partial charge is 0.479 e. The molecule has 0 heterocycles. The van der Waals surface area contributed by atoms with E-state index in [9.17, 15) is 14.4 Å². The van der Waals surface area contributed by atoms with Crippen molar-refractivity contribution < 1.29 is 29.1 Å². The molecule has 2 aromatic carbocycles. The molecule has 2 amide bonds. The van der Waals surface area contributed by atoms with E-state index in [1.165, 1.54) is 6.92 Å². The Morgan fingerprint density at radius 3 is 2.09 bits per heavy atom. The van der Waals surface area contributed by atoms with E-state index >= 15 is 0 Å². The summed E-state index contributed by atoms with van der Waals surface area (Å²) in [6.45, 7) is 5.67.